The number of hydrogen-bond acceptors (Lipinski definition) is 5. The van der Waals surface area contributed by atoms with Crippen LogP contribution in [0, 0.1) is 5.92 Å². The van der Waals surface area contributed by atoms with Gasteiger partial charge in [0.05, 0.1) is 16.6 Å². The van der Waals surface area contributed by atoms with Gasteiger partial charge in [-0.05, 0) is 43.4 Å². The van der Waals surface area contributed by atoms with Crippen LogP contribution < -0.4 is 5.32 Å². The molecule has 3 rings (SSSR count). The lowest BCUT2D eigenvalue weighted by Crippen LogP contribution is -2.31. The third-order valence-electron chi connectivity index (χ3n) is 4.97. The Bertz CT molecular complexity index is 1090. The Labute approximate surface area is 183 Å². The van der Waals surface area contributed by atoms with Crippen LogP contribution in [0.5, 0.6) is 0 Å². The van der Waals surface area contributed by atoms with E-state index in [4.69, 9.17) is 0 Å². The molecule has 2 aromatic heterocycles. The minimum absolute atomic E-state index is 0.157. The number of nitrogens with one attached hydrogen (secondary N) is 1. The molecule has 1 atom stereocenters. The molecule has 1 unspecified atom stereocenters. The third kappa shape index (κ3) is 5.54. The second-order valence-corrected chi connectivity index (χ2v) is 8.13. The molecule has 10 heteroatoms. The summed E-state index contributed by atoms with van der Waals surface area (Å²) in [5.41, 5.74) is 0.517. The molecule has 32 heavy (non-hydrogen) atoms. The molecule has 0 spiro atoms. The van der Waals surface area contributed by atoms with Crippen LogP contribution >= 0.6 is 0 Å². The van der Waals surface area contributed by atoms with Crippen molar-refractivity contribution in [3.05, 3.63) is 41.9 Å². The number of carbonyl (C=O) groups is 1. The first-order valence-electron chi connectivity index (χ1n) is 10.5. The van der Waals surface area contributed by atoms with Gasteiger partial charge in [0, 0.05) is 11.8 Å². The van der Waals surface area contributed by atoms with E-state index in [0.29, 0.717) is 29.9 Å². The van der Waals surface area contributed by atoms with E-state index in [1.54, 1.807) is 6.07 Å². The van der Waals surface area contributed by atoms with Gasteiger partial charge in [-0.2, -0.15) is 18.2 Å². The Morgan fingerprint density at radius 2 is 1.97 bits per heavy atom. The van der Waals surface area contributed by atoms with Crippen molar-refractivity contribution in [1.29, 1.82) is 0 Å². The van der Waals surface area contributed by atoms with E-state index in [-0.39, 0.29) is 17.4 Å². The van der Waals surface area contributed by atoms with Crippen LogP contribution in [0.2, 0.25) is 0 Å². The molecule has 0 aliphatic rings. The number of aromatic nitrogens is 4. The normalized spacial score (nSPS) is 13.0. The number of anilines is 1. The number of benzene rings is 1. The van der Waals surface area contributed by atoms with Crippen LogP contribution in [-0.4, -0.2) is 36.6 Å². The highest BCUT2D eigenvalue weighted by atomic mass is 19.4. The Balaban J connectivity index is 2.03. The number of nitrogens with zero attached hydrogens (tertiary/aromatic N) is 4. The summed E-state index contributed by atoms with van der Waals surface area (Å²) in [5, 5.41) is 12.5. The number of fused-ring (bicyclic) bond motifs is 1. The second kappa shape index (κ2) is 9.54. The van der Waals surface area contributed by atoms with Crippen molar-refractivity contribution in [2.45, 2.75) is 58.7 Å². The second-order valence-electron chi connectivity index (χ2n) is 8.13. The van der Waals surface area contributed by atoms with Gasteiger partial charge in [0.25, 0.3) is 0 Å². The Hall–Kier alpha value is -3.17. The van der Waals surface area contributed by atoms with Gasteiger partial charge in [0.15, 0.2) is 0 Å². The largest absolute Gasteiger partial charge is 0.480 e. The fraction of sp³-hybridized carbons (Fsp3) is 0.455. The number of carboxylic acid groups (broad SMARTS) is 1. The van der Waals surface area contributed by atoms with E-state index >= 15 is 0 Å². The molecule has 172 valence electrons. The standard InChI is InChI=1S/C22H26F3N5O2/c1-4-5-6-15-11-19(28-17(20(31)32)9-13(2)3)29-21(27-15)30-12-26-16-10-14(22(23,24)25)7-8-18(16)30/h7-8,10-13,17H,4-6,9H2,1-3H3,(H,31,32)(H,27,28,29). The zero-order valence-electron chi connectivity index (χ0n) is 18.1. The van der Waals surface area contributed by atoms with Gasteiger partial charge in [-0.15, -0.1) is 0 Å². The molecule has 7 nitrogen and oxygen atoms in total. The summed E-state index contributed by atoms with van der Waals surface area (Å²) in [6.45, 7) is 5.91. The summed E-state index contributed by atoms with van der Waals surface area (Å²) in [6.07, 6.45) is -0.198. The van der Waals surface area contributed by atoms with Crippen LogP contribution in [0.1, 0.15) is 51.3 Å². The maximum atomic E-state index is 13.0. The lowest BCUT2D eigenvalue weighted by atomic mass is 10.0. The van der Waals surface area contributed by atoms with Gasteiger partial charge in [0.2, 0.25) is 5.95 Å². The molecule has 0 saturated heterocycles. The van der Waals surface area contributed by atoms with Gasteiger partial charge in [-0.1, -0.05) is 27.2 Å². The summed E-state index contributed by atoms with van der Waals surface area (Å²) in [5.74, 6) is -0.258. The third-order valence-corrected chi connectivity index (χ3v) is 4.97. The number of alkyl halides is 3. The molecular formula is C22H26F3N5O2. The van der Waals surface area contributed by atoms with Crippen molar-refractivity contribution in [3.63, 3.8) is 0 Å². The number of carboxylic acids is 1. The van der Waals surface area contributed by atoms with Crippen LogP contribution in [-0.2, 0) is 17.4 Å². The predicted octanol–water partition coefficient (Wildman–Crippen LogP) is 5.09. The molecule has 2 N–H and O–H groups in total. The first-order valence-corrected chi connectivity index (χ1v) is 10.5. The van der Waals surface area contributed by atoms with Gasteiger partial charge < -0.3 is 10.4 Å². The van der Waals surface area contributed by atoms with E-state index in [1.807, 2.05) is 20.8 Å². The maximum Gasteiger partial charge on any atom is 0.416 e. The number of unbranched alkanes of at least 4 members (excludes halogenated alkanes) is 1. The number of halogens is 3. The van der Waals surface area contributed by atoms with Crippen LogP contribution in [0.15, 0.2) is 30.6 Å². The number of aryl methyl sites for hydroxylation is 1. The van der Waals surface area contributed by atoms with E-state index in [0.717, 1.165) is 25.0 Å². The molecule has 0 bridgehead atoms. The smallest absolute Gasteiger partial charge is 0.416 e. The molecule has 1 aromatic carbocycles. The van der Waals surface area contributed by atoms with E-state index in [1.165, 1.54) is 17.0 Å². The van der Waals surface area contributed by atoms with Crippen molar-refractivity contribution in [1.82, 2.24) is 19.5 Å². The van der Waals surface area contributed by atoms with Gasteiger partial charge in [-0.3, -0.25) is 4.57 Å². The number of aliphatic carboxylic acids is 1. The number of hydrogen-bond donors (Lipinski definition) is 2. The molecule has 3 aromatic rings. The molecule has 0 saturated carbocycles. The minimum atomic E-state index is -4.46. The summed E-state index contributed by atoms with van der Waals surface area (Å²) in [6, 6.07) is 4.19. The van der Waals surface area contributed by atoms with Crippen LogP contribution in [0.25, 0.3) is 17.0 Å². The fourth-order valence-electron chi connectivity index (χ4n) is 3.37. The van der Waals surface area contributed by atoms with Crippen LogP contribution in [0.4, 0.5) is 19.0 Å². The summed E-state index contributed by atoms with van der Waals surface area (Å²) >= 11 is 0. The zero-order chi connectivity index (χ0) is 23.5. The molecule has 0 fully saturated rings. The monoisotopic (exact) mass is 449 g/mol. The van der Waals surface area contributed by atoms with E-state index in [2.05, 4.69) is 20.3 Å². The van der Waals surface area contributed by atoms with Crippen molar-refractivity contribution < 1.29 is 23.1 Å². The van der Waals surface area contributed by atoms with Crippen molar-refractivity contribution in [2.75, 3.05) is 5.32 Å². The Morgan fingerprint density at radius 1 is 1.22 bits per heavy atom. The zero-order valence-corrected chi connectivity index (χ0v) is 18.1. The predicted molar refractivity (Wildman–Crippen MR) is 115 cm³/mol. The average molecular weight is 449 g/mol. The van der Waals surface area contributed by atoms with E-state index < -0.39 is 23.8 Å². The van der Waals surface area contributed by atoms with E-state index in [9.17, 15) is 23.1 Å². The minimum Gasteiger partial charge on any atom is -0.480 e. The SMILES string of the molecule is CCCCc1cc(NC(CC(C)C)C(=O)O)nc(-n2cnc3cc(C(F)(F)F)ccc32)n1. The lowest BCUT2D eigenvalue weighted by Gasteiger charge is -2.18. The van der Waals surface area contributed by atoms with Crippen molar-refractivity contribution in [2.24, 2.45) is 5.92 Å². The quantitative estimate of drug-likeness (QED) is 0.473. The van der Waals surface area contributed by atoms with Gasteiger partial charge >= 0.3 is 12.1 Å². The highest BCUT2D eigenvalue weighted by Crippen LogP contribution is 2.31. The molecular weight excluding hydrogens is 423 g/mol. The maximum absolute atomic E-state index is 13.0. The van der Waals surface area contributed by atoms with Gasteiger partial charge in [-0.25, -0.2) is 14.8 Å². The summed E-state index contributed by atoms with van der Waals surface area (Å²) in [4.78, 5) is 24.8. The molecule has 0 radical (unpaired) electrons. The fourth-order valence-corrected chi connectivity index (χ4v) is 3.37. The average Bonchev–Trinajstić information content (AvgIpc) is 3.14. The number of rotatable bonds is 9. The Kier molecular flexibility index (Phi) is 7.00. The first kappa shape index (κ1) is 23.5. The highest BCUT2D eigenvalue weighted by molar-refractivity contribution is 5.78. The topological polar surface area (TPSA) is 92.9 Å². The molecule has 2 heterocycles. The summed E-state index contributed by atoms with van der Waals surface area (Å²) < 4.78 is 40.6. The lowest BCUT2D eigenvalue weighted by molar-refractivity contribution is -0.138. The molecule has 0 aliphatic carbocycles. The van der Waals surface area contributed by atoms with Crippen molar-refractivity contribution >= 4 is 22.8 Å². The highest BCUT2D eigenvalue weighted by Gasteiger charge is 2.31. The summed E-state index contributed by atoms with van der Waals surface area (Å²) in [7, 11) is 0. The molecule has 0 aliphatic heterocycles. The Morgan fingerprint density at radius 3 is 2.59 bits per heavy atom. The van der Waals surface area contributed by atoms with Crippen LogP contribution in [0.3, 0.4) is 0 Å². The first-order chi connectivity index (χ1) is 15.1. The van der Waals surface area contributed by atoms with Crippen molar-refractivity contribution in [3.8, 4) is 5.95 Å². The number of imidazole rings is 1. The van der Waals surface area contributed by atoms with Gasteiger partial charge in [0.1, 0.15) is 18.2 Å². The molecule has 0 amide bonds.